The Bertz CT molecular complexity index is 712. The molecule has 1 fully saturated rings. The van der Waals surface area contributed by atoms with Gasteiger partial charge in [-0.25, -0.2) is 0 Å². The Labute approximate surface area is 154 Å². The standard InChI is InChI=1S/C20H27NO5/c1-6-7-14-10-15(11-16(25-4)17(14)26-5)18(22)21-9-8-20(12-21,13(2)3)19(23)24/h6,10-11,13H,1,7-9,12H2,2-5H3,(H,23,24). The van der Waals surface area contributed by atoms with Crippen molar-refractivity contribution in [3.63, 3.8) is 0 Å². The van der Waals surface area contributed by atoms with Gasteiger partial charge in [0, 0.05) is 24.2 Å². The summed E-state index contributed by atoms with van der Waals surface area (Å²) in [6, 6.07) is 3.41. The maximum absolute atomic E-state index is 13.0. The number of methoxy groups -OCH3 is 2. The highest BCUT2D eigenvalue weighted by Gasteiger charge is 2.48. The molecule has 1 aromatic rings. The van der Waals surface area contributed by atoms with Crippen molar-refractivity contribution in [1.29, 1.82) is 0 Å². The third kappa shape index (κ3) is 3.41. The van der Waals surface area contributed by atoms with E-state index in [-0.39, 0.29) is 18.4 Å². The highest BCUT2D eigenvalue weighted by atomic mass is 16.5. The van der Waals surface area contributed by atoms with Gasteiger partial charge in [-0.2, -0.15) is 0 Å². The summed E-state index contributed by atoms with van der Waals surface area (Å²) in [6.45, 7) is 8.16. The molecule has 6 nitrogen and oxygen atoms in total. The average Bonchev–Trinajstić information content (AvgIpc) is 3.07. The lowest BCUT2D eigenvalue weighted by Gasteiger charge is -2.28. The largest absolute Gasteiger partial charge is 0.493 e. The summed E-state index contributed by atoms with van der Waals surface area (Å²) < 4.78 is 10.8. The summed E-state index contributed by atoms with van der Waals surface area (Å²) in [7, 11) is 3.07. The van der Waals surface area contributed by atoms with E-state index in [2.05, 4.69) is 6.58 Å². The van der Waals surface area contributed by atoms with Crippen LogP contribution in [-0.4, -0.2) is 49.2 Å². The Kier molecular flexibility index (Phi) is 5.95. The SMILES string of the molecule is C=CCc1cc(C(=O)N2CCC(C(=O)O)(C(C)C)C2)cc(OC)c1OC. The normalized spacial score (nSPS) is 19.5. The van der Waals surface area contributed by atoms with Gasteiger partial charge in [0.25, 0.3) is 5.91 Å². The van der Waals surface area contributed by atoms with Crippen LogP contribution in [-0.2, 0) is 11.2 Å². The zero-order chi connectivity index (χ0) is 19.5. The second-order valence-corrected chi connectivity index (χ2v) is 6.96. The summed E-state index contributed by atoms with van der Waals surface area (Å²) in [5.74, 6) is -0.0442. The lowest BCUT2D eigenvalue weighted by Crippen LogP contribution is -2.40. The van der Waals surface area contributed by atoms with Gasteiger partial charge in [-0.3, -0.25) is 9.59 Å². The molecule has 0 radical (unpaired) electrons. The first-order valence-electron chi connectivity index (χ1n) is 8.69. The molecule has 0 aromatic heterocycles. The molecule has 26 heavy (non-hydrogen) atoms. The molecule has 1 aliphatic rings. The minimum atomic E-state index is -0.893. The number of rotatable bonds is 7. The highest BCUT2D eigenvalue weighted by Crippen LogP contribution is 2.39. The van der Waals surface area contributed by atoms with Gasteiger partial charge in [0.15, 0.2) is 11.5 Å². The Morgan fingerprint density at radius 2 is 2.04 bits per heavy atom. The van der Waals surface area contributed by atoms with Gasteiger partial charge < -0.3 is 19.5 Å². The van der Waals surface area contributed by atoms with Crippen molar-refractivity contribution in [2.75, 3.05) is 27.3 Å². The molecule has 1 atom stereocenters. The van der Waals surface area contributed by atoms with Crippen molar-refractivity contribution >= 4 is 11.9 Å². The Hall–Kier alpha value is -2.50. The van der Waals surface area contributed by atoms with Crippen LogP contribution in [0.1, 0.15) is 36.2 Å². The van der Waals surface area contributed by atoms with Gasteiger partial charge in [-0.05, 0) is 30.9 Å². The van der Waals surface area contributed by atoms with E-state index in [0.29, 0.717) is 36.4 Å². The maximum atomic E-state index is 13.0. The number of nitrogens with zero attached hydrogens (tertiary/aromatic N) is 1. The number of likely N-dealkylation sites (tertiary alicyclic amines) is 1. The van der Waals surface area contributed by atoms with Crippen LogP contribution < -0.4 is 9.47 Å². The third-order valence-electron chi connectivity index (χ3n) is 5.29. The van der Waals surface area contributed by atoms with Crippen LogP contribution in [0.2, 0.25) is 0 Å². The zero-order valence-corrected chi connectivity index (χ0v) is 15.9. The first kappa shape index (κ1) is 19.8. The lowest BCUT2D eigenvalue weighted by atomic mass is 9.76. The Morgan fingerprint density at radius 3 is 2.50 bits per heavy atom. The predicted octanol–water partition coefficient (Wildman–Crippen LogP) is 3.01. The number of carboxylic acid groups (broad SMARTS) is 1. The second-order valence-electron chi connectivity index (χ2n) is 6.96. The van der Waals surface area contributed by atoms with Crippen LogP contribution in [0.5, 0.6) is 11.5 Å². The number of carbonyl (C=O) groups excluding carboxylic acids is 1. The molecule has 6 heteroatoms. The lowest BCUT2D eigenvalue weighted by molar-refractivity contribution is -0.150. The van der Waals surface area contributed by atoms with E-state index in [1.807, 2.05) is 13.8 Å². The number of benzene rings is 1. The van der Waals surface area contributed by atoms with E-state index in [1.165, 1.54) is 7.11 Å². The smallest absolute Gasteiger partial charge is 0.311 e. The van der Waals surface area contributed by atoms with Crippen LogP contribution in [0.15, 0.2) is 24.8 Å². The second kappa shape index (κ2) is 7.81. The van der Waals surface area contributed by atoms with Gasteiger partial charge in [-0.1, -0.05) is 19.9 Å². The number of carboxylic acids is 1. The van der Waals surface area contributed by atoms with Crippen molar-refractivity contribution < 1.29 is 24.2 Å². The summed E-state index contributed by atoms with van der Waals surface area (Å²) in [4.78, 5) is 26.4. The van der Waals surface area contributed by atoms with E-state index in [1.54, 1.807) is 30.2 Å². The molecule has 1 aromatic carbocycles. The number of aliphatic carboxylic acids is 1. The summed E-state index contributed by atoms with van der Waals surface area (Å²) in [5.41, 5.74) is 0.373. The van der Waals surface area contributed by atoms with Gasteiger partial charge in [0.2, 0.25) is 0 Å². The van der Waals surface area contributed by atoms with Gasteiger partial charge >= 0.3 is 5.97 Å². The third-order valence-corrected chi connectivity index (χ3v) is 5.29. The molecule has 1 N–H and O–H groups in total. The first-order valence-corrected chi connectivity index (χ1v) is 8.69. The fraction of sp³-hybridized carbons (Fsp3) is 0.500. The number of carbonyl (C=O) groups is 2. The van der Waals surface area contributed by atoms with Crippen LogP contribution in [0.4, 0.5) is 0 Å². The molecule has 0 saturated carbocycles. The fourth-order valence-electron chi connectivity index (χ4n) is 3.56. The maximum Gasteiger partial charge on any atom is 0.311 e. The zero-order valence-electron chi connectivity index (χ0n) is 15.9. The van der Waals surface area contributed by atoms with Gasteiger partial charge in [-0.15, -0.1) is 6.58 Å². The number of allylic oxidation sites excluding steroid dienone is 1. The van der Waals surface area contributed by atoms with Crippen molar-refractivity contribution in [2.45, 2.75) is 26.7 Å². The van der Waals surface area contributed by atoms with Crippen LogP contribution in [0.25, 0.3) is 0 Å². The molecule has 0 spiro atoms. The summed E-state index contributed by atoms with van der Waals surface area (Å²) >= 11 is 0. The predicted molar refractivity (Wildman–Crippen MR) is 98.9 cm³/mol. The molecule has 1 heterocycles. The van der Waals surface area contributed by atoms with E-state index >= 15 is 0 Å². The molecular weight excluding hydrogens is 334 g/mol. The van der Waals surface area contributed by atoms with E-state index < -0.39 is 11.4 Å². The monoisotopic (exact) mass is 361 g/mol. The van der Waals surface area contributed by atoms with Gasteiger partial charge in [0.05, 0.1) is 19.6 Å². The summed E-state index contributed by atoms with van der Waals surface area (Å²) in [6.07, 6.45) is 2.72. The van der Waals surface area contributed by atoms with Crippen molar-refractivity contribution in [2.24, 2.45) is 11.3 Å². The molecule has 0 bridgehead atoms. The highest BCUT2D eigenvalue weighted by molar-refractivity contribution is 5.96. The Balaban J connectivity index is 2.37. The first-order chi connectivity index (χ1) is 12.3. The fourth-order valence-corrected chi connectivity index (χ4v) is 3.56. The average molecular weight is 361 g/mol. The topological polar surface area (TPSA) is 76.1 Å². The molecule has 1 saturated heterocycles. The number of hydrogen-bond donors (Lipinski definition) is 1. The number of amides is 1. The molecule has 0 aliphatic carbocycles. The molecule has 1 unspecified atom stereocenters. The van der Waals surface area contributed by atoms with Crippen LogP contribution in [0.3, 0.4) is 0 Å². The molecule has 2 rings (SSSR count). The molecule has 142 valence electrons. The number of ether oxygens (including phenoxy) is 2. The molecular formula is C20H27NO5. The number of hydrogen-bond acceptors (Lipinski definition) is 4. The molecule has 1 amide bonds. The van der Waals surface area contributed by atoms with Gasteiger partial charge in [0.1, 0.15) is 0 Å². The van der Waals surface area contributed by atoms with E-state index in [9.17, 15) is 14.7 Å². The van der Waals surface area contributed by atoms with Crippen molar-refractivity contribution in [3.8, 4) is 11.5 Å². The van der Waals surface area contributed by atoms with Crippen molar-refractivity contribution in [1.82, 2.24) is 4.90 Å². The van der Waals surface area contributed by atoms with Crippen molar-refractivity contribution in [3.05, 3.63) is 35.9 Å². The van der Waals surface area contributed by atoms with E-state index in [0.717, 1.165) is 5.56 Å². The quantitative estimate of drug-likeness (QED) is 0.756. The minimum absolute atomic E-state index is 0.0560. The van der Waals surface area contributed by atoms with Crippen LogP contribution >= 0.6 is 0 Å². The Morgan fingerprint density at radius 1 is 1.35 bits per heavy atom. The summed E-state index contributed by atoms with van der Waals surface area (Å²) in [5, 5.41) is 9.68. The van der Waals surface area contributed by atoms with E-state index in [4.69, 9.17) is 9.47 Å². The minimum Gasteiger partial charge on any atom is -0.493 e. The molecule has 1 aliphatic heterocycles. The van der Waals surface area contributed by atoms with Crippen LogP contribution in [0, 0.1) is 11.3 Å².